The maximum absolute atomic E-state index is 12.1. The first kappa shape index (κ1) is 30.0. The Morgan fingerprint density at radius 1 is 1.08 bits per heavy atom. The highest BCUT2D eigenvalue weighted by Crippen LogP contribution is 2.34. The van der Waals surface area contributed by atoms with Crippen LogP contribution < -0.4 is 10.6 Å². The van der Waals surface area contributed by atoms with Crippen LogP contribution in [0.15, 0.2) is 36.5 Å². The highest BCUT2D eigenvalue weighted by atomic mass is 16.6. The lowest BCUT2D eigenvalue weighted by atomic mass is 10.0. The highest BCUT2D eigenvalue weighted by molar-refractivity contribution is 6.09. The second-order valence-electron chi connectivity index (χ2n) is 10.2. The minimum absolute atomic E-state index is 0.0980. The summed E-state index contributed by atoms with van der Waals surface area (Å²) in [6, 6.07) is 9.53. The summed E-state index contributed by atoms with van der Waals surface area (Å²) in [6.07, 6.45) is 4.44. The molecule has 3 rings (SSSR count). The van der Waals surface area contributed by atoms with Gasteiger partial charge in [-0.1, -0.05) is 12.1 Å². The summed E-state index contributed by atoms with van der Waals surface area (Å²) < 4.78 is 18.4. The summed E-state index contributed by atoms with van der Waals surface area (Å²) in [7, 11) is 1.59. The van der Waals surface area contributed by atoms with Crippen LogP contribution in [0, 0.1) is 0 Å². The Kier molecular flexibility index (Phi) is 11.2. The van der Waals surface area contributed by atoms with Gasteiger partial charge in [0.05, 0.1) is 31.4 Å². The smallest absolute Gasteiger partial charge is 0.407 e. The van der Waals surface area contributed by atoms with Crippen LogP contribution in [0.1, 0.15) is 51.6 Å². The average Bonchev–Trinajstić information content (AvgIpc) is 3.24. The Hall–Kier alpha value is -3.50. The van der Waals surface area contributed by atoms with Crippen LogP contribution in [0.25, 0.3) is 21.9 Å². The second-order valence-corrected chi connectivity index (χ2v) is 10.2. The molecule has 2 amide bonds. The van der Waals surface area contributed by atoms with Gasteiger partial charge in [-0.3, -0.25) is 4.79 Å². The number of nitrogens with zero attached hydrogens (tertiary/aromatic N) is 2. The molecular formula is C29H40N4O6. The summed E-state index contributed by atoms with van der Waals surface area (Å²) in [5.74, 6) is -0.0980. The van der Waals surface area contributed by atoms with Gasteiger partial charge in [0.15, 0.2) is 0 Å². The second kappa shape index (κ2) is 14.6. The molecule has 3 aromatic rings. The number of nitrogens with one attached hydrogen (secondary N) is 2. The van der Waals surface area contributed by atoms with E-state index in [1.54, 1.807) is 13.2 Å². The van der Waals surface area contributed by atoms with Crippen molar-refractivity contribution in [2.75, 3.05) is 40.0 Å². The lowest BCUT2D eigenvalue weighted by Crippen LogP contribution is -2.34. The van der Waals surface area contributed by atoms with Crippen molar-refractivity contribution >= 4 is 40.2 Å². The zero-order valence-corrected chi connectivity index (χ0v) is 23.3. The Morgan fingerprint density at radius 3 is 2.56 bits per heavy atom. The molecule has 10 nitrogen and oxygen atoms in total. The SMILES string of the molecule is CNC(=O)CCC(C=O)n1c2cccc(CCCOCCOCCNC(=O)OC(C)(C)C)c2c2cccnc21. The Morgan fingerprint density at radius 2 is 1.85 bits per heavy atom. The van der Waals surface area contributed by atoms with Crippen LogP contribution in [-0.2, 0) is 30.2 Å². The van der Waals surface area contributed by atoms with E-state index in [1.807, 2.05) is 49.6 Å². The van der Waals surface area contributed by atoms with E-state index in [0.717, 1.165) is 46.6 Å². The van der Waals surface area contributed by atoms with Gasteiger partial charge in [0.2, 0.25) is 5.91 Å². The van der Waals surface area contributed by atoms with E-state index >= 15 is 0 Å². The van der Waals surface area contributed by atoms with E-state index in [9.17, 15) is 14.4 Å². The van der Waals surface area contributed by atoms with Gasteiger partial charge >= 0.3 is 6.09 Å². The molecule has 39 heavy (non-hydrogen) atoms. The van der Waals surface area contributed by atoms with E-state index in [2.05, 4.69) is 21.7 Å². The number of aryl methyl sites for hydroxylation is 1. The van der Waals surface area contributed by atoms with E-state index in [4.69, 9.17) is 14.2 Å². The molecule has 0 spiro atoms. The van der Waals surface area contributed by atoms with Gasteiger partial charge in [-0.25, -0.2) is 9.78 Å². The van der Waals surface area contributed by atoms with Crippen LogP contribution in [0.2, 0.25) is 0 Å². The number of benzene rings is 1. The predicted molar refractivity (Wildman–Crippen MR) is 150 cm³/mol. The minimum Gasteiger partial charge on any atom is -0.444 e. The van der Waals surface area contributed by atoms with Crippen LogP contribution in [-0.4, -0.2) is 73.5 Å². The van der Waals surface area contributed by atoms with E-state index in [-0.39, 0.29) is 12.3 Å². The quantitative estimate of drug-likeness (QED) is 0.221. The number of amides is 2. The van der Waals surface area contributed by atoms with Crippen molar-refractivity contribution in [1.29, 1.82) is 0 Å². The molecule has 0 saturated heterocycles. The van der Waals surface area contributed by atoms with E-state index in [1.165, 1.54) is 0 Å². The van der Waals surface area contributed by atoms with Gasteiger partial charge in [0.25, 0.3) is 0 Å². The average molecular weight is 541 g/mol. The van der Waals surface area contributed by atoms with Crippen molar-refractivity contribution in [3.05, 3.63) is 42.1 Å². The molecule has 1 atom stereocenters. The molecule has 0 aliphatic rings. The fourth-order valence-corrected chi connectivity index (χ4v) is 4.43. The van der Waals surface area contributed by atoms with Gasteiger partial charge in [-0.15, -0.1) is 0 Å². The summed E-state index contributed by atoms with van der Waals surface area (Å²) in [6.45, 7) is 7.69. The Balaban J connectivity index is 1.52. The van der Waals surface area contributed by atoms with Crippen molar-refractivity contribution < 1.29 is 28.6 Å². The van der Waals surface area contributed by atoms with Crippen LogP contribution in [0.5, 0.6) is 0 Å². The monoisotopic (exact) mass is 540 g/mol. The molecule has 2 heterocycles. The van der Waals surface area contributed by atoms with Crippen LogP contribution in [0.4, 0.5) is 4.79 Å². The highest BCUT2D eigenvalue weighted by Gasteiger charge is 2.21. The molecule has 2 aromatic heterocycles. The number of fused-ring (bicyclic) bond motifs is 3. The number of aromatic nitrogens is 2. The number of carbonyl (C=O) groups excluding carboxylic acids is 3. The van der Waals surface area contributed by atoms with Gasteiger partial charge in [0, 0.05) is 43.6 Å². The third-order valence-electron chi connectivity index (χ3n) is 6.13. The van der Waals surface area contributed by atoms with Crippen molar-refractivity contribution in [3.8, 4) is 0 Å². The number of aldehydes is 1. The molecule has 1 aromatic carbocycles. The number of rotatable bonds is 15. The maximum Gasteiger partial charge on any atom is 0.407 e. The molecule has 10 heteroatoms. The van der Waals surface area contributed by atoms with E-state index in [0.29, 0.717) is 39.4 Å². The van der Waals surface area contributed by atoms with E-state index < -0.39 is 17.7 Å². The number of ether oxygens (including phenoxy) is 3. The molecule has 2 N–H and O–H groups in total. The van der Waals surface area contributed by atoms with Crippen LogP contribution >= 0.6 is 0 Å². The number of carbonyl (C=O) groups is 3. The normalized spacial score (nSPS) is 12.4. The number of hydrogen-bond donors (Lipinski definition) is 2. The minimum atomic E-state index is -0.524. The van der Waals surface area contributed by atoms with Crippen molar-refractivity contribution in [3.63, 3.8) is 0 Å². The third kappa shape index (κ3) is 8.76. The number of pyridine rings is 1. The van der Waals surface area contributed by atoms with Gasteiger partial charge < -0.3 is 34.2 Å². The molecule has 0 radical (unpaired) electrons. The lowest BCUT2D eigenvalue weighted by Gasteiger charge is -2.19. The Bertz CT molecular complexity index is 1250. The summed E-state index contributed by atoms with van der Waals surface area (Å²) in [5.41, 5.74) is 2.31. The molecule has 0 fully saturated rings. The zero-order valence-electron chi connectivity index (χ0n) is 23.3. The Labute approximate surface area is 229 Å². The third-order valence-corrected chi connectivity index (χ3v) is 6.13. The maximum atomic E-state index is 12.1. The molecule has 0 bridgehead atoms. The van der Waals surface area contributed by atoms with Crippen molar-refractivity contribution in [2.45, 2.75) is 58.1 Å². The standard InChI is InChI=1S/C29H40N4O6/c1-29(2,3)39-28(36)32-15-17-38-19-18-37-16-7-9-21-8-5-11-24-26(21)23-10-6-14-31-27(23)33(24)22(20-34)12-13-25(35)30-4/h5-6,8,10-11,14,20,22H,7,9,12-13,15-19H2,1-4H3,(H,30,35)(H,32,36). The molecule has 0 aliphatic heterocycles. The summed E-state index contributed by atoms with van der Waals surface area (Å²) in [5, 5.41) is 7.33. The summed E-state index contributed by atoms with van der Waals surface area (Å²) >= 11 is 0. The first-order valence-corrected chi connectivity index (χ1v) is 13.4. The number of hydrogen-bond acceptors (Lipinski definition) is 7. The van der Waals surface area contributed by atoms with Crippen molar-refractivity contribution in [1.82, 2.24) is 20.2 Å². The molecular weight excluding hydrogens is 500 g/mol. The fourth-order valence-electron chi connectivity index (χ4n) is 4.43. The van der Waals surface area contributed by atoms with Gasteiger partial charge in [0.1, 0.15) is 17.5 Å². The molecule has 1 unspecified atom stereocenters. The summed E-state index contributed by atoms with van der Waals surface area (Å²) in [4.78, 5) is 40.1. The van der Waals surface area contributed by atoms with Gasteiger partial charge in [-0.2, -0.15) is 0 Å². The van der Waals surface area contributed by atoms with Crippen LogP contribution in [0.3, 0.4) is 0 Å². The van der Waals surface area contributed by atoms with Gasteiger partial charge in [-0.05, 0) is 63.8 Å². The fraction of sp³-hybridized carbons (Fsp3) is 0.517. The topological polar surface area (TPSA) is 121 Å². The molecule has 0 aliphatic carbocycles. The first-order chi connectivity index (χ1) is 18.7. The first-order valence-electron chi connectivity index (χ1n) is 13.4. The molecule has 0 saturated carbocycles. The lowest BCUT2D eigenvalue weighted by molar-refractivity contribution is -0.121. The largest absolute Gasteiger partial charge is 0.444 e. The predicted octanol–water partition coefficient (Wildman–Crippen LogP) is 3.95. The molecule has 212 valence electrons. The number of alkyl carbamates (subject to hydrolysis) is 1. The zero-order chi connectivity index (χ0) is 28.3. The van der Waals surface area contributed by atoms with Crippen molar-refractivity contribution in [2.24, 2.45) is 0 Å².